The zero-order valence-electron chi connectivity index (χ0n) is 10.1. The predicted octanol–water partition coefficient (Wildman–Crippen LogP) is 2.23. The van der Waals surface area contributed by atoms with Gasteiger partial charge in [-0.3, -0.25) is 4.79 Å². The van der Waals surface area contributed by atoms with Crippen molar-refractivity contribution in [1.82, 2.24) is 10.3 Å². The lowest BCUT2D eigenvalue weighted by Crippen LogP contribution is -2.36. The number of amides is 1. The van der Waals surface area contributed by atoms with E-state index in [2.05, 4.69) is 10.3 Å². The highest BCUT2D eigenvalue weighted by atomic mass is 32.1. The summed E-state index contributed by atoms with van der Waals surface area (Å²) in [5.41, 5.74) is 6.23. The van der Waals surface area contributed by atoms with E-state index >= 15 is 0 Å². The van der Waals surface area contributed by atoms with Gasteiger partial charge in [0.25, 0.3) is 5.91 Å². The molecule has 1 aliphatic carbocycles. The Bertz CT molecular complexity index is 383. The van der Waals surface area contributed by atoms with E-state index in [1.54, 1.807) is 5.38 Å². The van der Waals surface area contributed by atoms with Crippen LogP contribution in [0.5, 0.6) is 0 Å². The summed E-state index contributed by atoms with van der Waals surface area (Å²) in [5, 5.41) is 5.66. The Morgan fingerprint density at radius 2 is 2.24 bits per heavy atom. The van der Waals surface area contributed by atoms with Crippen molar-refractivity contribution in [2.24, 2.45) is 5.73 Å². The number of hydrogen-bond acceptors (Lipinski definition) is 4. The molecule has 1 atom stereocenters. The first-order valence-corrected chi connectivity index (χ1v) is 7.06. The number of thiazole rings is 1. The highest BCUT2D eigenvalue weighted by molar-refractivity contribution is 7.09. The fourth-order valence-electron chi connectivity index (χ4n) is 2.11. The number of nitrogens with one attached hydrogen (secondary N) is 1. The van der Waals surface area contributed by atoms with Gasteiger partial charge in [-0.1, -0.05) is 19.3 Å². The van der Waals surface area contributed by atoms with Gasteiger partial charge in [-0.2, -0.15) is 0 Å². The third kappa shape index (κ3) is 3.26. The van der Waals surface area contributed by atoms with Gasteiger partial charge in [0.2, 0.25) is 0 Å². The van der Waals surface area contributed by atoms with E-state index in [1.165, 1.54) is 30.6 Å². The number of nitrogens with zero attached hydrogens (tertiary/aromatic N) is 1. The third-order valence-corrected chi connectivity index (χ3v) is 4.13. The number of aromatic nitrogens is 1. The lowest BCUT2D eigenvalue weighted by Gasteiger charge is -2.22. The molecule has 3 N–H and O–H groups in total. The molecule has 0 spiro atoms. The molecule has 0 bridgehead atoms. The second kappa shape index (κ2) is 5.60. The predicted molar refractivity (Wildman–Crippen MR) is 69.1 cm³/mol. The van der Waals surface area contributed by atoms with Gasteiger partial charge in [0.05, 0.1) is 6.04 Å². The summed E-state index contributed by atoms with van der Waals surface area (Å²) in [4.78, 5) is 16.2. The smallest absolute Gasteiger partial charge is 0.270 e. The maximum atomic E-state index is 11.9. The molecular weight excluding hydrogens is 234 g/mol. The highest BCUT2D eigenvalue weighted by Gasteiger charge is 2.18. The number of hydrogen-bond donors (Lipinski definition) is 2. The first-order valence-electron chi connectivity index (χ1n) is 6.18. The molecule has 2 rings (SSSR count). The molecule has 0 aliphatic heterocycles. The van der Waals surface area contributed by atoms with Gasteiger partial charge in [-0.05, 0) is 19.8 Å². The van der Waals surface area contributed by atoms with E-state index in [0.29, 0.717) is 11.7 Å². The highest BCUT2D eigenvalue weighted by Crippen LogP contribution is 2.19. The van der Waals surface area contributed by atoms with Crippen molar-refractivity contribution in [3.8, 4) is 0 Å². The largest absolute Gasteiger partial charge is 0.348 e. The molecule has 94 valence electrons. The minimum atomic E-state index is -0.101. The summed E-state index contributed by atoms with van der Waals surface area (Å²) in [7, 11) is 0. The van der Waals surface area contributed by atoms with Gasteiger partial charge in [0, 0.05) is 11.4 Å². The van der Waals surface area contributed by atoms with Crippen molar-refractivity contribution in [1.29, 1.82) is 0 Å². The quantitative estimate of drug-likeness (QED) is 0.868. The zero-order valence-corrected chi connectivity index (χ0v) is 10.9. The molecule has 0 saturated heterocycles. The van der Waals surface area contributed by atoms with E-state index in [9.17, 15) is 4.79 Å². The average Bonchev–Trinajstić information content (AvgIpc) is 2.79. The molecule has 0 aromatic carbocycles. The molecule has 5 heteroatoms. The van der Waals surface area contributed by atoms with Crippen LogP contribution in [-0.4, -0.2) is 16.9 Å². The van der Waals surface area contributed by atoms with Crippen LogP contribution in [0.3, 0.4) is 0 Å². The number of nitrogens with two attached hydrogens (primary N) is 1. The fraction of sp³-hybridized carbons (Fsp3) is 0.667. The van der Waals surface area contributed by atoms with E-state index in [0.717, 1.165) is 17.8 Å². The second-order valence-electron chi connectivity index (χ2n) is 4.67. The van der Waals surface area contributed by atoms with Crippen LogP contribution < -0.4 is 11.1 Å². The lowest BCUT2D eigenvalue weighted by atomic mass is 9.95. The topological polar surface area (TPSA) is 68.0 Å². The molecule has 17 heavy (non-hydrogen) atoms. The van der Waals surface area contributed by atoms with Crippen LogP contribution in [0.1, 0.15) is 60.6 Å². The number of rotatable bonds is 3. The van der Waals surface area contributed by atoms with E-state index in [4.69, 9.17) is 5.73 Å². The summed E-state index contributed by atoms with van der Waals surface area (Å²) < 4.78 is 0. The first-order chi connectivity index (χ1) is 8.16. The first kappa shape index (κ1) is 12.5. The lowest BCUT2D eigenvalue weighted by molar-refractivity contribution is 0.0923. The molecule has 1 fully saturated rings. The van der Waals surface area contributed by atoms with Gasteiger partial charge in [0.15, 0.2) is 0 Å². The Morgan fingerprint density at radius 1 is 1.53 bits per heavy atom. The van der Waals surface area contributed by atoms with Crippen molar-refractivity contribution < 1.29 is 4.79 Å². The molecule has 0 radical (unpaired) electrons. The number of carbonyl (C=O) groups is 1. The van der Waals surface area contributed by atoms with Crippen molar-refractivity contribution in [3.05, 3.63) is 16.1 Å². The maximum Gasteiger partial charge on any atom is 0.270 e. The van der Waals surface area contributed by atoms with Crippen LogP contribution in [0, 0.1) is 0 Å². The van der Waals surface area contributed by atoms with Crippen LogP contribution in [0.15, 0.2) is 5.38 Å². The number of carbonyl (C=O) groups excluding carboxylic acids is 1. The normalized spacial score (nSPS) is 18.9. The molecule has 1 saturated carbocycles. The SMILES string of the molecule is CC(N)c1nc(C(=O)NC2CCCCC2)cs1. The molecule has 4 nitrogen and oxygen atoms in total. The maximum absolute atomic E-state index is 11.9. The van der Waals surface area contributed by atoms with Crippen LogP contribution in [0.25, 0.3) is 0 Å². The van der Waals surface area contributed by atoms with Crippen molar-refractivity contribution in [2.45, 2.75) is 51.1 Å². The van der Waals surface area contributed by atoms with Gasteiger partial charge in [0.1, 0.15) is 10.7 Å². The molecular formula is C12H19N3OS. The zero-order chi connectivity index (χ0) is 12.3. The molecule has 1 unspecified atom stereocenters. The Balaban J connectivity index is 1.94. The van der Waals surface area contributed by atoms with E-state index < -0.39 is 0 Å². The minimum absolute atomic E-state index is 0.0555. The van der Waals surface area contributed by atoms with E-state index in [-0.39, 0.29) is 11.9 Å². The van der Waals surface area contributed by atoms with Crippen molar-refractivity contribution in [2.75, 3.05) is 0 Å². The molecule has 1 aromatic heterocycles. The molecule has 1 amide bonds. The molecule has 1 aliphatic rings. The van der Waals surface area contributed by atoms with E-state index in [1.807, 2.05) is 6.92 Å². The summed E-state index contributed by atoms with van der Waals surface area (Å²) in [6.07, 6.45) is 5.91. The van der Waals surface area contributed by atoms with Crippen LogP contribution in [0.4, 0.5) is 0 Å². The standard InChI is InChI=1S/C12H19N3OS/c1-8(13)12-15-10(7-17-12)11(16)14-9-5-3-2-4-6-9/h7-9H,2-6,13H2,1H3,(H,14,16). The summed E-state index contributed by atoms with van der Waals surface area (Å²) >= 11 is 1.45. The molecule has 1 aromatic rings. The van der Waals surface area contributed by atoms with Gasteiger partial charge < -0.3 is 11.1 Å². The summed E-state index contributed by atoms with van der Waals surface area (Å²) in [6.45, 7) is 1.88. The third-order valence-electron chi connectivity index (χ3n) is 3.08. The summed E-state index contributed by atoms with van der Waals surface area (Å²) in [5.74, 6) is -0.0555. The van der Waals surface area contributed by atoms with Gasteiger partial charge >= 0.3 is 0 Å². The monoisotopic (exact) mass is 253 g/mol. The second-order valence-corrected chi connectivity index (χ2v) is 5.56. The minimum Gasteiger partial charge on any atom is -0.348 e. The Morgan fingerprint density at radius 3 is 2.82 bits per heavy atom. The van der Waals surface area contributed by atoms with Crippen LogP contribution in [0.2, 0.25) is 0 Å². The van der Waals surface area contributed by atoms with Crippen molar-refractivity contribution >= 4 is 17.2 Å². The van der Waals surface area contributed by atoms with Crippen LogP contribution in [-0.2, 0) is 0 Å². The molecule has 1 heterocycles. The fourth-order valence-corrected chi connectivity index (χ4v) is 2.87. The summed E-state index contributed by atoms with van der Waals surface area (Å²) in [6, 6.07) is 0.230. The Kier molecular flexibility index (Phi) is 4.12. The Labute approximate surface area is 106 Å². The van der Waals surface area contributed by atoms with Crippen molar-refractivity contribution in [3.63, 3.8) is 0 Å². The van der Waals surface area contributed by atoms with Gasteiger partial charge in [-0.25, -0.2) is 4.98 Å². The Hall–Kier alpha value is -0.940. The van der Waals surface area contributed by atoms with Crippen LogP contribution >= 0.6 is 11.3 Å². The van der Waals surface area contributed by atoms with Gasteiger partial charge in [-0.15, -0.1) is 11.3 Å². The average molecular weight is 253 g/mol.